The van der Waals surface area contributed by atoms with Crippen LogP contribution in [-0.4, -0.2) is 48.8 Å². The lowest BCUT2D eigenvalue weighted by Crippen LogP contribution is -2.54. The third-order valence-corrected chi connectivity index (χ3v) is 6.43. The SMILES string of the molecule is CSc1ccc2c(c1)Cc1cc(C(=O)C(C)(C)N3CCOCC3)ccc1-2. The number of ketones is 1. The molecule has 0 amide bonds. The highest BCUT2D eigenvalue weighted by atomic mass is 32.2. The number of Topliss-reactive ketones (excluding diaryl/α,β-unsaturated/α-hetero) is 1. The van der Waals surface area contributed by atoms with Gasteiger partial charge in [0.15, 0.2) is 5.78 Å². The molecule has 1 saturated heterocycles. The first-order chi connectivity index (χ1) is 12.5. The second kappa shape index (κ2) is 6.84. The summed E-state index contributed by atoms with van der Waals surface area (Å²) < 4.78 is 5.44. The van der Waals surface area contributed by atoms with Crippen molar-refractivity contribution in [3.05, 3.63) is 53.1 Å². The summed E-state index contributed by atoms with van der Waals surface area (Å²) >= 11 is 1.77. The largest absolute Gasteiger partial charge is 0.379 e. The Bertz CT molecular complexity index is 853. The Labute approximate surface area is 159 Å². The van der Waals surface area contributed by atoms with Crippen LogP contribution in [0.4, 0.5) is 0 Å². The molecule has 2 aliphatic rings. The Kier molecular flexibility index (Phi) is 4.68. The number of thioether (sulfide) groups is 1. The van der Waals surface area contributed by atoms with Crippen LogP contribution in [0.5, 0.6) is 0 Å². The number of carbonyl (C=O) groups is 1. The molecule has 0 atom stereocenters. The van der Waals surface area contributed by atoms with Gasteiger partial charge in [0.1, 0.15) is 0 Å². The highest BCUT2D eigenvalue weighted by Crippen LogP contribution is 2.39. The third kappa shape index (κ3) is 3.00. The minimum atomic E-state index is -0.504. The zero-order valence-corrected chi connectivity index (χ0v) is 16.5. The third-order valence-electron chi connectivity index (χ3n) is 5.71. The van der Waals surface area contributed by atoms with Gasteiger partial charge in [-0.15, -0.1) is 11.8 Å². The van der Waals surface area contributed by atoms with Gasteiger partial charge >= 0.3 is 0 Å². The summed E-state index contributed by atoms with van der Waals surface area (Å²) in [5.74, 6) is 0.197. The van der Waals surface area contributed by atoms with Crippen LogP contribution in [0.2, 0.25) is 0 Å². The Balaban J connectivity index is 1.62. The molecule has 0 radical (unpaired) electrons. The number of ether oxygens (including phenoxy) is 1. The Morgan fingerprint density at radius 1 is 1.04 bits per heavy atom. The molecule has 0 unspecified atom stereocenters. The van der Waals surface area contributed by atoms with Crippen LogP contribution >= 0.6 is 11.8 Å². The maximum absolute atomic E-state index is 13.3. The molecular weight excluding hydrogens is 342 g/mol. The van der Waals surface area contributed by atoms with Gasteiger partial charge in [0.2, 0.25) is 0 Å². The van der Waals surface area contributed by atoms with Crippen LogP contribution in [-0.2, 0) is 11.2 Å². The highest BCUT2D eigenvalue weighted by Gasteiger charge is 2.36. The zero-order valence-electron chi connectivity index (χ0n) is 15.7. The van der Waals surface area contributed by atoms with Crippen molar-refractivity contribution in [2.24, 2.45) is 0 Å². The number of fused-ring (bicyclic) bond motifs is 3. The van der Waals surface area contributed by atoms with E-state index in [1.807, 2.05) is 19.9 Å². The van der Waals surface area contributed by atoms with Crippen LogP contribution in [0.1, 0.15) is 35.3 Å². The van der Waals surface area contributed by atoms with Crippen LogP contribution in [0, 0.1) is 0 Å². The smallest absolute Gasteiger partial charge is 0.182 e. The van der Waals surface area contributed by atoms with Gasteiger partial charge < -0.3 is 4.74 Å². The molecule has 0 saturated carbocycles. The quantitative estimate of drug-likeness (QED) is 0.509. The number of hydrogen-bond donors (Lipinski definition) is 0. The van der Waals surface area contributed by atoms with Crippen LogP contribution in [0.3, 0.4) is 0 Å². The first kappa shape index (κ1) is 17.8. The van der Waals surface area contributed by atoms with Crippen molar-refractivity contribution >= 4 is 17.5 Å². The number of hydrogen-bond acceptors (Lipinski definition) is 4. The van der Waals surface area contributed by atoms with E-state index in [1.165, 1.54) is 27.1 Å². The highest BCUT2D eigenvalue weighted by molar-refractivity contribution is 7.98. The minimum Gasteiger partial charge on any atom is -0.379 e. The van der Waals surface area contributed by atoms with Crippen molar-refractivity contribution in [1.82, 2.24) is 4.90 Å². The van der Waals surface area contributed by atoms with E-state index in [0.29, 0.717) is 13.2 Å². The monoisotopic (exact) mass is 367 g/mol. The van der Waals surface area contributed by atoms with Crippen LogP contribution in [0.15, 0.2) is 41.3 Å². The van der Waals surface area contributed by atoms with Crippen LogP contribution < -0.4 is 0 Å². The summed E-state index contributed by atoms with van der Waals surface area (Å²) in [5, 5.41) is 0. The maximum Gasteiger partial charge on any atom is 0.182 e. The molecule has 4 rings (SSSR count). The molecule has 0 aromatic heterocycles. The van der Waals surface area contributed by atoms with E-state index in [2.05, 4.69) is 41.5 Å². The topological polar surface area (TPSA) is 29.5 Å². The van der Waals surface area contributed by atoms with Gasteiger partial charge in [-0.2, -0.15) is 0 Å². The molecular formula is C22H25NO2S. The molecule has 0 N–H and O–H groups in total. The molecule has 4 heteroatoms. The Morgan fingerprint density at radius 3 is 2.38 bits per heavy atom. The standard InChI is InChI=1S/C22H25NO2S/c1-22(2,23-8-10-25-11-9-23)21(24)15-4-6-19-16(12-15)13-17-14-18(26-3)5-7-20(17)19/h4-7,12,14H,8-11,13H2,1-3H3. The average molecular weight is 368 g/mol. The minimum absolute atomic E-state index is 0.197. The number of morpholine rings is 1. The second-order valence-electron chi connectivity index (χ2n) is 7.56. The molecule has 0 bridgehead atoms. The van der Waals surface area contributed by atoms with E-state index in [1.54, 1.807) is 11.8 Å². The number of carbonyl (C=O) groups excluding carboxylic acids is 1. The molecule has 2 aromatic rings. The number of benzene rings is 2. The molecule has 0 spiro atoms. The first-order valence-electron chi connectivity index (χ1n) is 9.18. The number of nitrogens with zero attached hydrogens (tertiary/aromatic N) is 1. The van der Waals surface area contributed by atoms with E-state index in [-0.39, 0.29) is 5.78 Å². The predicted octanol–water partition coefficient (Wildman–Crippen LogP) is 4.27. The van der Waals surface area contributed by atoms with Gasteiger partial charge in [-0.3, -0.25) is 9.69 Å². The lowest BCUT2D eigenvalue weighted by molar-refractivity contribution is -0.00430. The summed E-state index contributed by atoms with van der Waals surface area (Å²) in [7, 11) is 0. The van der Waals surface area contributed by atoms with Crippen LogP contribution in [0.25, 0.3) is 11.1 Å². The van der Waals surface area contributed by atoms with Crippen molar-refractivity contribution in [2.75, 3.05) is 32.6 Å². The fourth-order valence-electron chi connectivity index (χ4n) is 4.07. The fourth-order valence-corrected chi connectivity index (χ4v) is 4.54. The van der Waals surface area contributed by atoms with Crippen molar-refractivity contribution < 1.29 is 9.53 Å². The van der Waals surface area contributed by atoms with Gasteiger partial charge in [0, 0.05) is 23.5 Å². The van der Waals surface area contributed by atoms with E-state index in [9.17, 15) is 4.79 Å². The van der Waals surface area contributed by atoms with E-state index in [0.717, 1.165) is 25.1 Å². The Morgan fingerprint density at radius 2 is 1.69 bits per heavy atom. The maximum atomic E-state index is 13.3. The Hall–Kier alpha value is -1.62. The normalized spacial score (nSPS) is 17.0. The summed E-state index contributed by atoms with van der Waals surface area (Å²) in [4.78, 5) is 16.8. The lowest BCUT2D eigenvalue weighted by atomic mass is 9.89. The van der Waals surface area contributed by atoms with Gasteiger partial charge in [-0.25, -0.2) is 0 Å². The summed E-state index contributed by atoms with van der Waals surface area (Å²) in [6.07, 6.45) is 3.02. The first-order valence-corrected chi connectivity index (χ1v) is 10.4. The molecule has 1 aliphatic carbocycles. The van der Waals surface area contributed by atoms with Gasteiger partial charge in [-0.1, -0.05) is 18.2 Å². The molecule has 1 heterocycles. The molecule has 1 fully saturated rings. The predicted molar refractivity (Wildman–Crippen MR) is 107 cm³/mol. The molecule has 3 nitrogen and oxygen atoms in total. The van der Waals surface area contributed by atoms with E-state index < -0.39 is 5.54 Å². The zero-order chi connectivity index (χ0) is 18.3. The lowest BCUT2D eigenvalue weighted by Gasteiger charge is -2.39. The second-order valence-corrected chi connectivity index (χ2v) is 8.44. The van der Waals surface area contributed by atoms with Gasteiger partial charge in [-0.05, 0) is 67.0 Å². The van der Waals surface area contributed by atoms with Crippen molar-refractivity contribution in [2.45, 2.75) is 30.7 Å². The van der Waals surface area contributed by atoms with E-state index in [4.69, 9.17) is 4.74 Å². The molecule has 26 heavy (non-hydrogen) atoms. The van der Waals surface area contributed by atoms with Gasteiger partial charge in [0.05, 0.1) is 18.8 Å². The summed E-state index contributed by atoms with van der Waals surface area (Å²) in [6, 6.07) is 12.9. The molecule has 136 valence electrons. The number of rotatable bonds is 4. The fraction of sp³-hybridized carbons (Fsp3) is 0.409. The van der Waals surface area contributed by atoms with Gasteiger partial charge in [0.25, 0.3) is 0 Å². The molecule has 1 aliphatic heterocycles. The summed E-state index contributed by atoms with van der Waals surface area (Å²) in [5.41, 5.74) is 5.52. The van der Waals surface area contributed by atoms with Crippen molar-refractivity contribution in [1.29, 1.82) is 0 Å². The summed E-state index contributed by atoms with van der Waals surface area (Å²) in [6.45, 7) is 7.10. The van der Waals surface area contributed by atoms with E-state index >= 15 is 0 Å². The molecule has 2 aromatic carbocycles. The van der Waals surface area contributed by atoms with Crippen molar-refractivity contribution in [3.63, 3.8) is 0 Å². The average Bonchev–Trinajstić information content (AvgIpc) is 3.04. The van der Waals surface area contributed by atoms with Crippen molar-refractivity contribution in [3.8, 4) is 11.1 Å².